The van der Waals surface area contributed by atoms with Crippen molar-refractivity contribution in [2.45, 2.75) is 6.42 Å². The van der Waals surface area contributed by atoms with Crippen LogP contribution in [0.4, 0.5) is 5.69 Å². The molecule has 3 rings (SSSR count). The number of benzene rings is 2. The normalized spacial score (nSPS) is 16.7. The van der Waals surface area contributed by atoms with E-state index in [0.717, 1.165) is 0 Å². The first kappa shape index (κ1) is 16.5. The van der Waals surface area contributed by atoms with E-state index in [1.165, 1.54) is 4.31 Å². The molecule has 0 aliphatic carbocycles. The van der Waals surface area contributed by atoms with Gasteiger partial charge in [-0.1, -0.05) is 24.3 Å². The summed E-state index contributed by atoms with van der Waals surface area (Å²) in [6.07, 6.45) is 0.565. The van der Waals surface area contributed by atoms with Gasteiger partial charge in [-0.15, -0.1) is 0 Å². The third-order valence-electron chi connectivity index (χ3n) is 3.62. The van der Waals surface area contributed by atoms with Crippen LogP contribution in [0.1, 0.15) is 6.42 Å². The van der Waals surface area contributed by atoms with Crippen molar-refractivity contribution in [3.8, 4) is 11.5 Å². The first-order valence-electron chi connectivity index (χ1n) is 7.64. The lowest BCUT2D eigenvalue weighted by atomic mass is 10.3. The average Bonchev–Trinajstić information content (AvgIpc) is 2.87. The van der Waals surface area contributed by atoms with Crippen molar-refractivity contribution in [3.05, 3.63) is 54.6 Å². The van der Waals surface area contributed by atoms with Gasteiger partial charge in [0.25, 0.3) is 0 Å². The minimum absolute atomic E-state index is 0.112. The molecule has 1 saturated heterocycles. The van der Waals surface area contributed by atoms with E-state index in [-0.39, 0.29) is 18.2 Å². The fourth-order valence-corrected chi connectivity index (χ4v) is 3.96. The van der Waals surface area contributed by atoms with Gasteiger partial charge in [0, 0.05) is 18.3 Å². The van der Waals surface area contributed by atoms with Gasteiger partial charge in [0.15, 0.2) is 0 Å². The Hall–Kier alpha value is -2.38. The molecule has 0 radical (unpaired) electrons. The monoisotopic (exact) mass is 346 g/mol. The first-order valence-corrected chi connectivity index (χ1v) is 9.24. The minimum atomic E-state index is -3.28. The van der Waals surface area contributed by atoms with Crippen LogP contribution in [-0.2, 0) is 14.8 Å². The van der Waals surface area contributed by atoms with Crippen molar-refractivity contribution in [1.29, 1.82) is 0 Å². The van der Waals surface area contributed by atoms with Crippen LogP contribution < -0.4 is 10.1 Å². The lowest BCUT2D eigenvalue weighted by molar-refractivity contribution is -0.116. The third-order valence-corrected chi connectivity index (χ3v) is 5.52. The van der Waals surface area contributed by atoms with Crippen LogP contribution in [0.2, 0.25) is 0 Å². The number of para-hydroxylation sites is 1. The zero-order valence-corrected chi connectivity index (χ0v) is 13.8. The summed E-state index contributed by atoms with van der Waals surface area (Å²) in [6.45, 7) is 0.235. The number of hydrogen-bond donors (Lipinski definition) is 1. The zero-order chi connectivity index (χ0) is 17.0. The molecule has 0 saturated carbocycles. The lowest BCUT2D eigenvalue weighted by Gasteiger charge is -2.14. The van der Waals surface area contributed by atoms with Crippen molar-refractivity contribution in [1.82, 2.24) is 4.31 Å². The number of nitrogens with zero attached hydrogens (tertiary/aromatic N) is 1. The molecule has 0 bridgehead atoms. The molecular weight excluding hydrogens is 328 g/mol. The van der Waals surface area contributed by atoms with Crippen LogP contribution in [0.3, 0.4) is 0 Å². The quantitative estimate of drug-likeness (QED) is 0.902. The van der Waals surface area contributed by atoms with Crippen molar-refractivity contribution in [3.63, 3.8) is 0 Å². The molecule has 0 spiro atoms. The van der Waals surface area contributed by atoms with Crippen LogP contribution in [-0.4, -0.2) is 37.5 Å². The van der Waals surface area contributed by atoms with E-state index in [9.17, 15) is 13.2 Å². The van der Waals surface area contributed by atoms with Gasteiger partial charge in [-0.2, -0.15) is 4.31 Å². The first-order chi connectivity index (χ1) is 11.5. The molecule has 1 aliphatic heterocycles. The standard InChI is InChI=1S/C17H18N2O4S/c20-17(13-19-10-5-11-24(19,21)22)18-14-6-4-9-16(12-14)23-15-7-2-1-3-8-15/h1-4,6-9,12H,5,10-11,13H2,(H,18,20). The molecule has 0 unspecified atom stereocenters. The topological polar surface area (TPSA) is 75.7 Å². The number of hydrogen-bond acceptors (Lipinski definition) is 4. The molecule has 1 aliphatic rings. The van der Waals surface area contributed by atoms with Gasteiger partial charge in [0.1, 0.15) is 11.5 Å². The number of anilines is 1. The number of amides is 1. The molecule has 0 aromatic heterocycles. The summed E-state index contributed by atoms with van der Waals surface area (Å²) in [5, 5.41) is 2.71. The lowest BCUT2D eigenvalue weighted by Crippen LogP contribution is -2.34. The second-order valence-corrected chi connectivity index (χ2v) is 7.58. The molecule has 6 nitrogen and oxygen atoms in total. The maximum atomic E-state index is 12.1. The van der Waals surface area contributed by atoms with E-state index >= 15 is 0 Å². The second-order valence-electron chi connectivity index (χ2n) is 5.49. The summed E-state index contributed by atoms with van der Waals surface area (Å²) in [5.74, 6) is 1.04. The smallest absolute Gasteiger partial charge is 0.239 e. The van der Waals surface area contributed by atoms with Gasteiger partial charge >= 0.3 is 0 Å². The fourth-order valence-electron chi connectivity index (χ4n) is 2.49. The number of carbonyl (C=O) groups excluding carboxylic acids is 1. The molecule has 1 heterocycles. The van der Waals surface area contributed by atoms with Crippen molar-refractivity contribution in [2.24, 2.45) is 0 Å². The molecular formula is C17H18N2O4S. The Bertz CT molecular complexity index is 821. The Labute approximate surface area is 141 Å². The largest absolute Gasteiger partial charge is 0.457 e. The summed E-state index contributed by atoms with van der Waals surface area (Å²) in [5.41, 5.74) is 0.560. The predicted molar refractivity (Wildman–Crippen MR) is 91.6 cm³/mol. The van der Waals surface area contributed by atoms with Crippen LogP contribution >= 0.6 is 0 Å². The van der Waals surface area contributed by atoms with E-state index in [4.69, 9.17) is 4.74 Å². The highest BCUT2D eigenvalue weighted by Gasteiger charge is 2.29. The molecule has 126 valence electrons. The van der Waals surface area contributed by atoms with Crippen LogP contribution in [0.15, 0.2) is 54.6 Å². The highest BCUT2D eigenvalue weighted by atomic mass is 32.2. The highest BCUT2D eigenvalue weighted by molar-refractivity contribution is 7.89. The Balaban J connectivity index is 1.63. The van der Waals surface area contributed by atoms with Gasteiger partial charge in [0.05, 0.1) is 12.3 Å². The SMILES string of the molecule is O=C(CN1CCCS1(=O)=O)Nc1cccc(Oc2ccccc2)c1. The van der Waals surface area contributed by atoms with E-state index < -0.39 is 10.0 Å². The van der Waals surface area contributed by atoms with Gasteiger partial charge in [0.2, 0.25) is 15.9 Å². The van der Waals surface area contributed by atoms with Gasteiger partial charge < -0.3 is 10.1 Å². The van der Waals surface area contributed by atoms with Crippen LogP contribution in [0, 0.1) is 0 Å². The number of rotatable bonds is 5. The summed E-state index contributed by atoms with van der Waals surface area (Å²) in [4.78, 5) is 12.1. The maximum absolute atomic E-state index is 12.1. The number of nitrogens with one attached hydrogen (secondary N) is 1. The number of ether oxygens (including phenoxy) is 1. The fraction of sp³-hybridized carbons (Fsp3) is 0.235. The average molecular weight is 346 g/mol. The molecule has 2 aromatic rings. The van der Waals surface area contributed by atoms with Gasteiger partial charge in [-0.05, 0) is 30.7 Å². The Morgan fingerprint density at radius 1 is 1.08 bits per heavy atom. The minimum Gasteiger partial charge on any atom is -0.457 e. The highest BCUT2D eigenvalue weighted by Crippen LogP contribution is 2.24. The Morgan fingerprint density at radius 2 is 1.83 bits per heavy atom. The maximum Gasteiger partial charge on any atom is 0.239 e. The summed E-state index contributed by atoms with van der Waals surface area (Å²) in [6, 6.07) is 16.3. The van der Waals surface area contributed by atoms with Gasteiger partial charge in [-0.3, -0.25) is 4.79 Å². The predicted octanol–water partition coefficient (Wildman–Crippen LogP) is 2.45. The van der Waals surface area contributed by atoms with E-state index in [1.807, 2.05) is 30.3 Å². The van der Waals surface area contributed by atoms with Crippen molar-refractivity contribution in [2.75, 3.05) is 24.2 Å². The molecule has 7 heteroatoms. The Kier molecular flexibility index (Phi) is 4.82. The molecule has 24 heavy (non-hydrogen) atoms. The Morgan fingerprint density at radius 3 is 2.54 bits per heavy atom. The zero-order valence-electron chi connectivity index (χ0n) is 13.0. The molecule has 1 amide bonds. The molecule has 2 aromatic carbocycles. The third kappa shape index (κ3) is 4.12. The van der Waals surface area contributed by atoms with Crippen molar-refractivity contribution < 1.29 is 17.9 Å². The van der Waals surface area contributed by atoms with Crippen molar-refractivity contribution >= 4 is 21.6 Å². The summed E-state index contributed by atoms with van der Waals surface area (Å²) in [7, 11) is -3.28. The van der Waals surface area contributed by atoms with E-state index in [2.05, 4.69) is 5.32 Å². The van der Waals surface area contributed by atoms with E-state index in [1.54, 1.807) is 24.3 Å². The number of carbonyl (C=O) groups is 1. The molecule has 1 fully saturated rings. The second kappa shape index (κ2) is 7.02. The molecule has 0 atom stereocenters. The molecule has 1 N–H and O–H groups in total. The van der Waals surface area contributed by atoms with Gasteiger partial charge in [-0.25, -0.2) is 8.42 Å². The number of sulfonamides is 1. The van der Waals surface area contributed by atoms with Crippen LogP contribution in [0.5, 0.6) is 11.5 Å². The van der Waals surface area contributed by atoms with E-state index in [0.29, 0.717) is 30.2 Å². The summed E-state index contributed by atoms with van der Waals surface area (Å²) >= 11 is 0. The van der Waals surface area contributed by atoms with Crippen LogP contribution in [0.25, 0.3) is 0 Å². The summed E-state index contributed by atoms with van der Waals surface area (Å²) < 4.78 is 30.4.